The van der Waals surface area contributed by atoms with E-state index in [1.54, 1.807) is 30.3 Å². The number of rotatable bonds is 3. The molecule has 1 aliphatic heterocycles. The fourth-order valence-electron chi connectivity index (χ4n) is 2.81. The maximum atomic E-state index is 13.0. The molecular formula is C18H15F3O3. The van der Waals surface area contributed by atoms with Crippen LogP contribution in [0, 0.1) is 0 Å². The van der Waals surface area contributed by atoms with Crippen LogP contribution in [0.4, 0.5) is 13.2 Å². The van der Waals surface area contributed by atoms with Gasteiger partial charge in [0.05, 0.1) is 12.2 Å². The number of Topliss-reactive ketones (excluding diaryl/α,β-unsaturated/α-hetero) is 1. The second-order valence-corrected chi connectivity index (χ2v) is 5.61. The minimum atomic E-state index is -4.50. The van der Waals surface area contributed by atoms with Crippen LogP contribution in [0.3, 0.4) is 0 Å². The van der Waals surface area contributed by atoms with Crippen molar-refractivity contribution in [2.24, 2.45) is 0 Å². The zero-order valence-electron chi connectivity index (χ0n) is 12.7. The Balaban J connectivity index is 2.09. The van der Waals surface area contributed by atoms with Gasteiger partial charge in [-0.3, -0.25) is 4.79 Å². The van der Waals surface area contributed by atoms with E-state index in [1.807, 2.05) is 0 Å². The number of carbonyl (C=O) groups excluding carboxylic acids is 1. The molecule has 126 valence electrons. The van der Waals surface area contributed by atoms with Gasteiger partial charge >= 0.3 is 6.18 Å². The minimum Gasteiger partial charge on any atom is -0.290 e. The van der Waals surface area contributed by atoms with Crippen molar-refractivity contribution in [3.8, 4) is 0 Å². The Hall–Kier alpha value is -2.18. The first-order valence-electron chi connectivity index (χ1n) is 7.52. The van der Waals surface area contributed by atoms with E-state index in [4.69, 9.17) is 9.78 Å². The van der Waals surface area contributed by atoms with E-state index >= 15 is 0 Å². The van der Waals surface area contributed by atoms with Crippen LogP contribution in [0.15, 0.2) is 54.6 Å². The number of hydrogen-bond donors (Lipinski definition) is 0. The molecule has 1 aliphatic rings. The van der Waals surface area contributed by atoms with Crippen molar-refractivity contribution < 1.29 is 27.7 Å². The topological polar surface area (TPSA) is 35.5 Å². The Kier molecular flexibility index (Phi) is 4.43. The van der Waals surface area contributed by atoms with Gasteiger partial charge in [-0.2, -0.15) is 13.2 Å². The van der Waals surface area contributed by atoms with Crippen molar-refractivity contribution in [3.05, 3.63) is 71.3 Å². The fourth-order valence-corrected chi connectivity index (χ4v) is 2.81. The lowest BCUT2D eigenvalue weighted by Crippen LogP contribution is -2.42. The van der Waals surface area contributed by atoms with E-state index in [0.717, 1.165) is 12.1 Å². The summed E-state index contributed by atoms with van der Waals surface area (Å²) in [4.78, 5) is 23.3. The van der Waals surface area contributed by atoms with E-state index in [1.165, 1.54) is 12.1 Å². The van der Waals surface area contributed by atoms with Crippen LogP contribution in [0.5, 0.6) is 0 Å². The fraction of sp³-hybridized carbons (Fsp3) is 0.278. The third-order valence-electron chi connectivity index (χ3n) is 4.02. The van der Waals surface area contributed by atoms with Gasteiger partial charge in [-0.25, -0.2) is 9.78 Å². The van der Waals surface area contributed by atoms with Gasteiger partial charge in [0.1, 0.15) is 0 Å². The van der Waals surface area contributed by atoms with E-state index in [9.17, 15) is 18.0 Å². The van der Waals surface area contributed by atoms with Crippen LogP contribution in [0.1, 0.15) is 34.3 Å². The van der Waals surface area contributed by atoms with Crippen molar-refractivity contribution in [3.63, 3.8) is 0 Å². The second kappa shape index (κ2) is 6.37. The first-order chi connectivity index (χ1) is 11.4. The van der Waals surface area contributed by atoms with Crippen LogP contribution >= 0.6 is 0 Å². The van der Waals surface area contributed by atoms with Crippen LogP contribution in [-0.2, 0) is 21.6 Å². The van der Waals surface area contributed by atoms with E-state index in [2.05, 4.69) is 0 Å². The van der Waals surface area contributed by atoms with Crippen molar-refractivity contribution in [2.75, 3.05) is 6.61 Å². The number of carbonyl (C=O) groups is 1. The molecule has 2 aromatic rings. The van der Waals surface area contributed by atoms with Gasteiger partial charge in [-0.05, 0) is 30.5 Å². The standard InChI is InChI=1S/C18H15F3O3/c19-18(20,21)15-9-4-8-14(12-15)17(10-5-11-23-24-17)16(22)13-6-2-1-3-7-13/h1-4,6-9,12H,5,10-11H2. The molecule has 0 aliphatic carbocycles. The van der Waals surface area contributed by atoms with Crippen molar-refractivity contribution in [1.82, 2.24) is 0 Å². The summed E-state index contributed by atoms with van der Waals surface area (Å²) in [6, 6.07) is 13.0. The SMILES string of the molecule is O=C(c1ccccc1)C1(c2cccc(C(F)(F)F)c2)CCCOO1. The summed E-state index contributed by atoms with van der Waals surface area (Å²) in [7, 11) is 0. The average molecular weight is 336 g/mol. The lowest BCUT2D eigenvalue weighted by Gasteiger charge is -2.35. The molecule has 0 N–H and O–H groups in total. The highest BCUT2D eigenvalue weighted by Crippen LogP contribution is 2.40. The Morgan fingerprint density at radius 1 is 1.04 bits per heavy atom. The minimum absolute atomic E-state index is 0.144. The Morgan fingerprint density at radius 3 is 2.42 bits per heavy atom. The molecule has 0 amide bonds. The summed E-state index contributed by atoms with van der Waals surface area (Å²) >= 11 is 0. The third-order valence-corrected chi connectivity index (χ3v) is 4.02. The first-order valence-corrected chi connectivity index (χ1v) is 7.52. The van der Waals surface area contributed by atoms with E-state index in [0.29, 0.717) is 18.6 Å². The molecule has 1 atom stereocenters. The van der Waals surface area contributed by atoms with E-state index < -0.39 is 23.1 Å². The summed E-state index contributed by atoms with van der Waals surface area (Å²) in [5.41, 5.74) is -1.89. The van der Waals surface area contributed by atoms with Crippen LogP contribution in [0.2, 0.25) is 0 Å². The molecule has 1 unspecified atom stereocenters. The largest absolute Gasteiger partial charge is 0.416 e. The number of halogens is 3. The van der Waals surface area contributed by atoms with E-state index in [-0.39, 0.29) is 12.0 Å². The predicted octanol–water partition coefficient (Wildman–Crippen LogP) is 4.53. The lowest BCUT2D eigenvalue weighted by molar-refractivity contribution is -0.372. The molecule has 6 heteroatoms. The zero-order chi connectivity index (χ0) is 17.2. The van der Waals surface area contributed by atoms with Crippen LogP contribution in [-0.4, -0.2) is 12.4 Å². The molecule has 3 nitrogen and oxygen atoms in total. The monoisotopic (exact) mass is 336 g/mol. The molecule has 24 heavy (non-hydrogen) atoms. The smallest absolute Gasteiger partial charge is 0.290 e. The number of benzene rings is 2. The van der Waals surface area contributed by atoms with Gasteiger partial charge in [0.2, 0.25) is 5.78 Å². The van der Waals surface area contributed by atoms with Crippen molar-refractivity contribution in [1.29, 1.82) is 0 Å². The summed E-state index contributed by atoms with van der Waals surface area (Å²) in [6.07, 6.45) is -3.74. The Morgan fingerprint density at radius 2 is 1.79 bits per heavy atom. The molecule has 0 aromatic heterocycles. The molecule has 3 rings (SSSR count). The second-order valence-electron chi connectivity index (χ2n) is 5.61. The van der Waals surface area contributed by atoms with Crippen LogP contribution < -0.4 is 0 Å². The number of ketones is 1. The van der Waals surface area contributed by atoms with Gasteiger partial charge in [0.25, 0.3) is 0 Å². The molecule has 0 bridgehead atoms. The highest BCUT2D eigenvalue weighted by molar-refractivity contribution is 6.03. The van der Waals surface area contributed by atoms with Crippen LogP contribution in [0.25, 0.3) is 0 Å². The number of alkyl halides is 3. The highest BCUT2D eigenvalue weighted by Gasteiger charge is 2.46. The summed E-state index contributed by atoms with van der Waals surface area (Å²) in [5, 5.41) is 0. The third kappa shape index (κ3) is 3.07. The Bertz CT molecular complexity index is 720. The molecule has 1 heterocycles. The maximum absolute atomic E-state index is 13.0. The zero-order valence-corrected chi connectivity index (χ0v) is 12.7. The van der Waals surface area contributed by atoms with Gasteiger partial charge in [-0.1, -0.05) is 42.5 Å². The molecule has 2 aromatic carbocycles. The Labute approximate surface area is 136 Å². The maximum Gasteiger partial charge on any atom is 0.416 e. The van der Waals surface area contributed by atoms with Gasteiger partial charge in [-0.15, -0.1) is 0 Å². The van der Waals surface area contributed by atoms with Crippen molar-refractivity contribution >= 4 is 5.78 Å². The molecule has 0 spiro atoms. The molecule has 0 radical (unpaired) electrons. The van der Waals surface area contributed by atoms with Gasteiger partial charge < -0.3 is 0 Å². The quantitative estimate of drug-likeness (QED) is 0.610. The van der Waals surface area contributed by atoms with Crippen molar-refractivity contribution in [2.45, 2.75) is 24.6 Å². The number of hydrogen-bond acceptors (Lipinski definition) is 3. The normalized spacial score (nSPS) is 21.5. The average Bonchev–Trinajstić information content (AvgIpc) is 2.62. The van der Waals surface area contributed by atoms with Gasteiger partial charge in [0, 0.05) is 5.56 Å². The first kappa shape index (κ1) is 16.7. The molecular weight excluding hydrogens is 321 g/mol. The molecule has 1 saturated heterocycles. The summed E-state index contributed by atoms with van der Waals surface area (Å²) < 4.78 is 39.1. The summed E-state index contributed by atoms with van der Waals surface area (Å²) in [6.45, 7) is 0.294. The predicted molar refractivity (Wildman–Crippen MR) is 80.2 cm³/mol. The summed E-state index contributed by atoms with van der Waals surface area (Å²) in [5.74, 6) is -0.415. The highest BCUT2D eigenvalue weighted by atomic mass is 19.4. The van der Waals surface area contributed by atoms with Gasteiger partial charge in [0.15, 0.2) is 5.60 Å². The molecule has 1 fully saturated rings. The lowest BCUT2D eigenvalue weighted by atomic mass is 9.81. The molecule has 0 saturated carbocycles.